The molecular formula is C40H30N4. The van der Waals surface area contributed by atoms with Crippen molar-refractivity contribution >= 4 is 34.4 Å². The van der Waals surface area contributed by atoms with Crippen LogP contribution in [0, 0.1) is 0 Å². The minimum absolute atomic E-state index is 0.716. The molecule has 0 radical (unpaired) electrons. The molecule has 0 aliphatic heterocycles. The second-order valence-electron chi connectivity index (χ2n) is 10.3. The predicted octanol–water partition coefficient (Wildman–Crippen LogP) is 10.8. The van der Waals surface area contributed by atoms with E-state index in [1.54, 1.807) is 0 Å². The van der Waals surface area contributed by atoms with Crippen LogP contribution in [0.15, 0.2) is 182 Å². The average Bonchev–Trinajstić information content (AvgIpc) is 3.11. The summed E-state index contributed by atoms with van der Waals surface area (Å²) in [6, 6.07) is 62.1. The van der Waals surface area contributed by atoms with Crippen molar-refractivity contribution in [1.29, 1.82) is 0 Å². The van der Waals surface area contributed by atoms with Gasteiger partial charge >= 0.3 is 0 Å². The fourth-order valence-corrected chi connectivity index (χ4v) is 5.41. The van der Waals surface area contributed by atoms with Gasteiger partial charge in [0.2, 0.25) is 0 Å². The molecule has 0 bridgehead atoms. The molecule has 7 aromatic rings. The summed E-state index contributed by atoms with van der Waals surface area (Å²) in [6.07, 6.45) is 0. The van der Waals surface area contributed by atoms with Crippen molar-refractivity contribution in [2.24, 2.45) is 0 Å². The number of hydrogen-bond donors (Lipinski definition) is 0. The maximum Gasteiger partial charge on any atom is 0.182 e. The van der Waals surface area contributed by atoms with E-state index in [0.29, 0.717) is 11.6 Å². The van der Waals surface area contributed by atoms with Gasteiger partial charge < -0.3 is 0 Å². The molecule has 0 spiro atoms. The van der Waals surface area contributed by atoms with Gasteiger partial charge in [-0.15, -0.1) is 0 Å². The molecule has 7 rings (SSSR count). The van der Waals surface area contributed by atoms with E-state index in [1.165, 1.54) is 0 Å². The highest BCUT2D eigenvalue weighted by molar-refractivity contribution is 5.91. The summed E-state index contributed by atoms with van der Waals surface area (Å²) >= 11 is 0. The van der Waals surface area contributed by atoms with E-state index in [-0.39, 0.29) is 0 Å². The molecule has 0 aliphatic rings. The SMILES string of the molecule is c1ccc(-c2nc(N(c3ccccc3)c3ccccc3)c(N(c3ccccc3)c3ccccc3)nc2-c2ccccc2)cc1. The second kappa shape index (κ2) is 12.5. The normalized spacial score (nSPS) is 10.7. The number of hydrogen-bond acceptors (Lipinski definition) is 4. The topological polar surface area (TPSA) is 32.3 Å². The Hall–Kier alpha value is -6.00. The summed E-state index contributed by atoms with van der Waals surface area (Å²) < 4.78 is 0. The third kappa shape index (κ3) is 5.44. The van der Waals surface area contributed by atoms with Gasteiger partial charge in [0.25, 0.3) is 0 Å². The number of anilines is 6. The van der Waals surface area contributed by atoms with Crippen LogP contribution in [0.25, 0.3) is 22.5 Å². The molecule has 6 aromatic carbocycles. The first kappa shape index (κ1) is 26.9. The molecular weight excluding hydrogens is 536 g/mol. The average molecular weight is 567 g/mol. The van der Waals surface area contributed by atoms with E-state index in [2.05, 4.69) is 131 Å². The number of aromatic nitrogens is 2. The van der Waals surface area contributed by atoms with Crippen LogP contribution in [0.3, 0.4) is 0 Å². The van der Waals surface area contributed by atoms with Crippen molar-refractivity contribution in [2.45, 2.75) is 0 Å². The summed E-state index contributed by atoms with van der Waals surface area (Å²) in [6.45, 7) is 0. The van der Waals surface area contributed by atoms with Gasteiger partial charge in [0.05, 0.1) is 11.4 Å². The number of nitrogens with zero attached hydrogens (tertiary/aromatic N) is 4. The van der Waals surface area contributed by atoms with Gasteiger partial charge in [-0.2, -0.15) is 0 Å². The lowest BCUT2D eigenvalue weighted by Gasteiger charge is -2.32. The van der Waals surface area contributed by atoms with Gasteiger partial charge in [-0.25, -0.2) is 9.97 Å². The Morgan fingerprint density at radius 3 is 0.750 bits per heavy atom. The Morgan fingerprint density at radius 2 is 0.500 bits per heavy atom. The second-order valence-corrected chi connectivity index (χ2v) is 10.3. The van der Waals surface area contributed by atoms with Crippen molar-refractivity contribution in [3.63, 3.8) is 0 Å². The minimum Gasteiger partial charge on any atom is -0.292 e. The van der Waals surface area contributed by atoms with Crippen LogP contribution in [0.5, 0.6) is 0 Å². The van der Waals surface area contributed by atoms with Crippen LogP contribution in [0.4, 0.5) is 34.4 Å². The highest BCUT2D eigenvalue weighted by Crippen LogP contribution is 2.46. The summed E-state index contributed by atoms with van der Waals surface area (Å²) in [4.78, 5) is 15.5. The van der Waals surface area contributed by atoms with Gasteiger partial charge in [-0.3, -0.25) is 9.80 Å². The smallest absolute Gasteiger partial charge is 0.182 e. The van der Waals surface area contributed by atoms with E-state index in [9.17, 15) is 0 Å². The maximum absolute atomic E-state index is 5.57. The third-order valence-corrected chi connectivity index (χ3v) is 7.44. The van der Waals surface area contributed by atoms with Crippen molar-refractivity contribution in [3.8, 4) is 22.5 Å². The largest absolute Gasteiger partial charge is 0.292 e. The van der Waals surface area contributed by atoms with Crippen LogP contribution in [-0.2, 0) is 0 Å². The molecule has 0 unspecified atom stereocenters. The molecule has 0 amide bonds. The maximum atomic E-state index is 5.57. The highest BCUT2D eigenvalue weighted by atomic mass is 15.3. The molecule has 210 valence electrons. The van der Waals surface area contributed by atoms with Crippen molar-refractivity contribution in [3.05, 3.63) is 182 Å². The van der Waals surface area contributed by atoms with Crippen molar-refractivity contribution in [2.75, 3.05) is 9.80 Å². The zero-order valence-electron chi connectivity index (χ0n) is 24.1. The van der Waals surface area contributed by atoms with Crippen molar-refractivity contribution < 1.29 is 0 Å². The summed E-state index contributed by atoms with van der Waals surface area (Å²) in [5, 5.41) is 0. The zero-order valence-corrected chi connectivity index (χ0v) is 24.1. The molecule has 1 heterocycles. The minimum atomic E-state index is 0.716. The first-order valence-electron chi connectivity index (χ1n) is 14.7. The highest BCUT2D eigenvalue weighted by Gasteiger charge is 2.28. The lowest BCUT2D eigenvalue weighted by atomic mass is 10.0. The third-order valence-electron chi connectivity index (χ3n) is 7.44. The van der Waals surface area contributed by atoms with Crippen LogP contribution >= 0.6 is 0 Å². The zero-order chi connectivity index (χ0) is 29.6. The molecule has 4 nitrogen and oxygen atoms in total. The molecule has 0 aliphatic carbocycles. The lowest BCUT2D eigenvalue weighted by Crippen LogP contribution is -2.20. The van der Waals surface area contributed by atoms with E-state index in [4.69, 9.17) is 9.97 Å². The Bertz CT molecular complexity index is 1710. The molecule has 0 saturated heterocycles. The Balaban J connectivity index is 1.61. The van der Waals surface area contributed by atoms with Crippen molar-refractivity contribution in [1.82, 2.24) is 9.97 Å². The molecule has 0 saturated carbocycles. The summed E-state index contributed by atoms with van der Waals surface area (Å²) in [5.41, 5.74) is 7.58. The molecule has 0 atom stereocenters. The summed E-state index contributed by atoms with van der Waals surface area (Å²) in [7, 11) is 0. The first-order chi connectivity index (χ1) is 21.9. The predicted molar refractivity (Wildman–Crippen MR) is 182 cm³/mol. The van der Waals surface area contributed by atoms with Crippen LogP contribution < -0.4 is 9.80 Å². The van der Waals surface area contributed by atoms with Gasteiger partial charge in [-0.05, 0) is 48.5 Å². The quantitative estimate of drug-likeness (QED) is 0.183. The van der Waals surface area contributed by atoms with Crippen LogP contribution in [-0.4, -0.2) is 9.97 Å². The lowest BCUT2D eigenvalue weighted by molar-refractivity contribution is 1.09. The fourth-order valence-electron chi connectivity index (χ4n) is 5.41. The Labute approximate surface area is 258 Å². The van der Waals surface area contributed by atoms with Crippen LogP contribution in [0.1, 0.15) is 0 Å². The number of benzene rings is 6. The molecule has 44 heavy (non-hydrogen) atoms. The van der Waals surface area contributed by atoms with Gasteiger partial charge in [-0.1, -0.05) is 133 Å². The fraction of sp³-hybridized carbons (Fsp3) is 0. The monoisotopic (exact) mass is 566 g/mol. The van der Waals surface area contributed by atoms with Gasteiger partial charge in [0.15, 0.2) is 11.6 Å². The van der Waals surface area contributed by atoms with Gasteiger partial charge in [0, 0.05) is 33.9 Å². The van der Waals surface area contributed by atoms with E-state index in [1.807, 2.05) is 60.7 Å². The standard InChI is InChI=1S/C40H30N4/c1-7-19-31(20-8-1)37-38(32-21-9-2-10-22-32)42-40(44(35-27-15-5-16-28-35)36-29-17-6-18-30-36)39(41-37)43(33-23-11-3-12-24-33)34-25-13-4-14-26-34/h1-30H. The first-order valence-corrected chi connectivity index (χ1v) is 14.7. The van der Waals surface area contributed by atoms with E-state index in [0.717, 1.165) is 45.3 Å². The number of rotatable bonds is 8. The Kier molecular flexibility index (Phi) is 7.62. The van der Waals surface area contributed by atoms with E-state index < -0.39 is 0 Å². The Morgan fingerprint density at radius 1 is 0.273 bits per heavy atom. The summed E-state index contributed by atoms with van der Waals surface area (Å²) in [5.74, 6) is 1.43. The molecule has 4 heteroatoms. The van der Waals surface area contributed by atoms with Gasteiger partial charge in [0.1, 0.15) is 0 Å². The van der Waals surface area contributed by atoms with Crippen LogP contribution in [0.2, 0.25) is 0 Å². The molecule has 0 fully saturated rings. The van der Waals surface area contributed by atoms with E-state index >= 15 is 0 Å². The molecule has 1 aromatic heterocycles. The molecule has 0 N–H and O–H groups in total. The number of para-hydroxylation sites is 4.